The zero-order chi connectivity index (χ0) is 13.9. The van der Waals surface area contributed by atoms with E-state index in [1.54, 1.807) is 19.2 Å². The fourth-order valence-electron chi connectivity index (χ4n) is 2.23. The van der Waals surface area contributed by atoms with Gasteiger partial charge >= 0.3 is 0 Å². The van der Waals surface area contributed by atoms with Crippen molar-refractivity contribution in [1.82, 2.24) is 4.31 Å². The lowest BCUT2D eigenvalue weighted by Crippen LogP contribution is -2.33. The Bertz CT molecular complexity index is 543. The van der Waals surface area contributed by atoms with Gasteiger partial charge in [0.15, 0.2) is 0 Å². The third-order valence-electron chi connectivity index (χ3n) is 3.32. The molecule has 1 aromatic carbocycles. The Labute approximate surface area is 114 Å². The van der Waals surface area contributed by atoms with Crippen LogP contribution >= 0.6 is 0 Å². The lowest BCUT2D eigenvalue weighted by atomic mass is 10.2. The number of ether oxygens (including phenoxy) is 1. The zero-order valence-corrected chi connectivity index (χ0v) is 12.2. The van der Waals surface area contributed by atoms with Gasteiger partial charge in [0.25, 0.3) is 0 Å². The summed E-state index contributed by atoms with van der Waals surface area (Å²) in [5.74, 6) is 0. The normalized spacial score (nSPS) is 14.5. The molecule has 0 fully saturated rings. The fourth-order valence-corrected chi connectivity index (χ4v) is 3.72. The highest BCUT2D eigenvalue weighted by atomic mass is 32.2. The molecule has 0 saturated carbocycles. The van der Waals surface area contributed by atoms with Crippen LogP contribution in [0.3, 0.4) is 0 Å². The van der Waals surface area contributed by atoms with Crippen LogP contribution in [0, 0.1) is 0 Å². The van der Waals surface area contributed by atoms with Crippen molar-refractivity contribution in [2.24, 2.45) is 0 Å². The monoisotopic (exact) mass is 284 g/mol. The molecule has 0 saturated heterocycles. The minimum atomic E-state index is -3.42. The van der Waals surface area contributed by atoms with E-state index in [9.17, 15) is 8.42 Å². The summed E-state index contributed by atoms with van der Waals surface area (Å²) >= 11 is 0. The van der Waals surface area contributed by atoms with Crippen LogP contribution in [0.2, 0.25) is 0 Å². The van der Waals surface area contributed by atoms with Crippen molar-refractivity contribution in [3.63, 3.8) is 0 Å². The summed E-state index contributed by atoms with van der Waals surface area (Å²) in [7, 11) is -1.85. The van der Waals surface area contributed by atoms with Gasteiger partial charge in [-0.15, -0.1) is 0 Å². The maximum Gasteiger partial charge on any atom is 0.243 e. The summed E-state index contributed by atoms with van der Waals surface area (Å²) in [6, 6.07) is 5.29. The highest BCUT2D eigenvalue weighted by Gasteiger charge is 2.24. The van der Waals surface area contributed by atoms with Crippen LogP contribution in [0.15, 0.2) is 23.1 Å². The number of hydrogen-bond donors (Lipinski definition) is 1. The predicted octanol–water partition coefficient (Wildman–Crippen LogP) is 1.31. The van der Waals surface area contributed by atoms with Gasteiger partial charge in [0.1, 0.15) is 0 Å². The maximum atomic E-state index is 12.5. The Morgan fingerprint density at radius 3 is 2.89 bits per heavy atom. The van der Waals surface area contributed by atoms with Crippen LogP contribution in [0.1, 0.15) is 12.5 Å². The van der Waals surface area contributed by atoms with Crippen LogP contribution in [0.4, 0.5) is 5.69 Å². The number of rotatable bonds is 6. The summed E-state index contributed by atoms with van der Waals surface area (Å²) in [5, 5.41) is 3.23. The second-order valence-corrected chi connectivity index (χ2v) is 6.42. The van der Waals surface area contributed by atoms with Gasteiger partial charge in [-0.05, 0) is 30.2 Å². The van der Waals surface area contributed by atoms with Gasteiger partial charge < -0.3 is 10.1 Å². The molecule has 0 radical (unpaired) electrons. The van der Waals surface area contributed by atoms with E-state index in [0.717, 1.165) is 24.2 Å². The molecule has 1 aliphatic heterocycles. The molecule has 2 rings (SSSR count). The molecule has 1 heterocycles. The Morgan fingerprint density at radius 1 is 1.42 bits per heavy atom. The first-order valence-electron chi connectivity index (χ1n) is 6.45. The van der Waals surface area contributed by atoms with Crippen LogP contribution in [0.25, 0.3) is 0 Å². The van der Waals surface area contributed by atoms with Crippen molar-refractivity contribution in [3.8, 4) is 0 Å². The molecular formula is C13H20N2O3S. The van der Waals surface area contributed by atoms with Crippen molar-refractivity contribution in [1.29, 1.82) is 0 Å². The number of benzene rings is 1. The Morgan fingerprint density at radius 2 is 2.21 bits per heavy atom. The Balaban J connectivity index is 2.27. The summed E-state index contributed by atoms with van der Waals surface area (Å²) in [6.45, 7) is 3.94. The molecule has 19 heavy (non-hydrogen) atoms. The van der Waals surface area contributed by atoms with Crippen LogP contribution in [0.5, 0.6) is 0 Å². The molecule has 0 amide bonds. The van der Waals surface area contributed by atoms with E-state index in [0.29, 0.717) is 24.6 Å². The highest BCUT2D eigenvalue weighted by Crippen LogP contribution is 2.26. The van der Waals surface area contributed by atoms with Crippen LogP contribution in [-0.2, 0) is 21.2 Å². The fraction of sp³-hybridized carbons (Fsp3) is 0.538. The van der Waals surface area contributed by atoms with Gasteiger partial charge in [0, 0.05) is 32.4 Å². The largest absolute Gasteiger partial charge is 0.384 e. The number of likely N-dealkylation sites (N-methyl/N-ethyl adjacent to an activating group) is 1. The van der Waals surface area contributed by atoms with Gasteiger partial charge in [-0.2, -0.15) is 4.31 Å². The topological polar surface area (TPSA) is 58.6 Å². The van der Waals surface area contributed by atoms with Crippen molar-refractivity contribution >= 4 is 15.7 Å². The van der Waals surface area contributed by atoms with Crippen molar-refractivity contribution < 1.29 is 13.2 Å². The van der Waals surface area contributed by atoms with Gasteiger partial charge in [-0.3, -0.25) is 0 Å². The molecular weight excluding hydrogens is 264 g/mol. The summed E-state index contributed by atoms with van der Waals surface area (Å²) in [5.41, 5.74) is 2.11. The molecule has 1 aromatic rings. The van der Waals surface area contributed by atoms with Gasteiger partial charge in [0.2, 0.25) is 10.0 Å². The number of methoxy groups -OCH3 is 1. The van der Waals surface area contributed by atoms with Crippen molar-refractivity contribution in [3.05, 3.63) is 23.8 Å². The van der Waals surface area contributed by atoms with Crippen LogP contribution < -0.4 is 5.32 Å². The number of nitrogens with zero attached hydrogens (tertiary/aromatic N) is 1. The summed E-state index contributed by atoms with van der Waals surface area (Å²) in [4.78, 5) is 0.368. The van der Waals surface area contributed by atoms with Gasteiger partial charge in [-0.1, -0.05) is 6.92 Å². The molecule has 0 aromatic heterocycles. The average Bonchev–Trinajstić information content (AvgIpc) is 2.86. The van der Waals surface area contributed by atoms with Crippen molar-refractivity contribution in [2.45, 2.75) is 18.2 Å². The maximum absolute atomic E-state index is 12.5. The van der Waals surface area contributed by atoms with E-state index in [2.05, 4.69) is 5.32 Å². The predicted molar refractivity (Wildman–Crippen MR) is 74.9 cm³/mol. The van der Waals surface area contributed by atoms with E-state index in [1.807, 2.05) is 13.0 Å². The zero-order valence-electron chi connectivity index (χ0n) is 11.3. The molecule has 1 N–H and O–H groups in total. The Kier molecular flexibility index (Phi) is 4.44. The molecule has 6 heteroatoms. The first kappa shape index (κ1) is 14.3. The first-order chi connectivity index (χ1) is 9.09. The molecule has 0 atom stereocenters. The minimum absolute atomic E-state index is 0.368. The first-order valence-corrected chi connectivity index (χ1v) is 7.89. The SMILES string of the molecule is CCN(CCOC)S(=O)(=O)c1ccc2c(c1)CCN2. The molecule has 106 valence electrons. The van der Waals surface area contributed by atoms with Crippen LogP contribution in [-0.4, -0.2) is 46.1 Å². The Hall–Kier alpha value is -1.11. The second-order valence-electron chi connectivity index (χ2n) is 4.49. The van der Waals surface area contributed by atoms with E-state index in [-0.39, 0.29) is 0 Å². The van der Waals surface area contributed by atoms with E-state index in [4.69, 9.17) is 4.74 Å². The summed E-state index contributed by atoms with van der Waals surface area (Å²) < 4.78 is 31.4. The number of fused-ring (bicyclic) bond motifs is 1. The average molecular weight is 284 g/mol. The third-order valence-corrected chi connectivity index (χ3v) is 5.29. The molecule has 1 aliphatic rings. The molecule has 5 nitrogen and oxygen atoms in total. The highest BCUT2D eigenvalue weighted by molar-refractivity contribution is 7.89. The molecule has 0 bridgehead atoms. The van der Waals surface area contributed by atoms with Gasteiger partial charge in [0.05, 0.1) is 11.5 Å². The van der Waals surface area contributed by atoms with E-state index < -0.39 is 10.0 Å². The van der Waals surface area contributed by atoms with E-state index in [1.165, 1.54) is 4.31 Å². The van der Waals surface area contributed by atoms with E-state index >= 15 is 0 Å². The molecule has 0 unspecified atom stereocenters. The standard InChI is InChI=1S/C13H20N2O3S/c1-3-15(8-9-18-2)19(16,17)12-4-5-13-11(10-12)6-7-14-13/h4-5,10,14H,3,6-9H2,1-2H3. The summed E-state index contributed by atoms with van der Waals surface area (Å²) in [6.07, 6.45) is 0.878. The lowest BCUT2D eigenvalue weighted by molar-refractivity contribution is 0.180. The molecule has 0 spiro atoms. The number of hydrogen-bond acceptors (Lipinski definition) is 4. The lowest BCUT2D eigenvalue weighted by Gasteiger charge is -2.20. The quantitative estimate of drug-likeness (QED) is 0.856. The number of nitrogens with one attached hydrogen (secondary N) is 1. The number of sulfonamides is 1. The minimum Gasteiger partial charge on any atom is -0.384 e. The molecule has 0 aliphatic carbocycles. The third kappa shape index (κ3) is 2.91. The second kappa shape index (κ2) is 5.90. The smallest absolute Gasteiger partial charge is 0.243 e. The van der Waals surface area contributed by atoms with Gasteiger partial charge in [-0.25, -0.2) is 8.42 Å². The number of anilines is 1. The van der Waals surface area contributed by atoms with Crippen molar-refractivity contribution in [2.75, 3.05) is 38.7 Å².